The van der Waals surface area contributed by atoms with Crippen molar-refractivity contribution in [2.24, 2.45) is 0 Å². The predicted molar refractivity (Wildman–Crippen MR) is 29.6 cm³/mol. The monoisotopic (exact) mass is 121 g/mol. The molecule has 0 aliphatic heterocycles. The zero-order chi connectivity index (χ0) is 5.86. The fourth-order valence-electron chi connectivity index (χ4n) is 0.0605. The van der Waals surface area contributed by atoms with E-state index >= 15 is 0 Å². The minimum Gasteiger partial charge on any atom is -0.465 e. The molecule has 0 rings (SSSR count). The van der Waals surface area contributed by atoms with E-state index in [0.717, 1.165) is 4.90 Å². The Morgan fingerprint density at radius 3 is 2.43 bits per heavy atom. The third-order valence-electron chi connectivity index (χ3n) is 0.539. The molecule has 7 heavy (non-hydrogen) atoms. The summed E-state index contributed by atoms with van der Waals surface area (Å²) in [5, 5.41) is 8.06. The van der Waals surface area contributed by atoms with Crippen molar-refractivity contribution < 1.29 is 9.90 Å². The highest BCUT2D eigenvalue weighted by molar-refractivity contribution is 7.80. The Bertz CT molecular complexity index is 75.3. The second-order valence-corrected chi connectivity index (χ2v) is 1.40. The van der Waals surface area contributed by atoms with E-state index in [1.165, 1.54) is 7.05 Å². The van der Waals surface area contributed by atoms with Gasteiger partial charge in [0, 0.05) is 7.05 Å². The lowest BCUT2D eigenvalue weighted by Gasteiger charge is -2.05. The second-order valence-electron chi connectivity index (χ2n) is 1.12. The second kappa shape index (κ2) is 2.74. The van der Waals surface area contributed by atoms with Crippen LogP contribution in [0.3, 0.4) is 0 Å². The van der Waals surface area contributed by atoms with Crippen molar-refractivity contribution in [3.8, 4) is 0 Å². The lowest BCUT2D eigenvalue weighted by molar-refractivity contribution is 0.163. The van der Waals surface area contributed by atoms with Crippen LogP contribution in [0.15, 0.2) is 0 Å². The highest BCUT2D eigenvalue weighted by atomic mass is 32.1. The van der Waals surface area contributed by atoms with Crippen LogP contribution in [0.1, 0.15) is 0 Å². The summed E-state index contributed by atoms with van der Waals surface area (Å²) in [6.45, 7) is 0. The van der Waals surface area contributed by atoms with Crippen LogP contribution in [0.2, 0.25) is 0 Å². The summed E-state index contributed by atoms with van der Waals surface area (Å²) in [7, 11) is 1.45. The molecule has 0 fully saturated rings. The van der Waals surface area contributed by atoms with Crippen LogP contribution in [0.5, 0.6) is 0 Å². The number of carboxylic acid groups (broad SMARTS) is 1. The smallest absolute Gasteiger partial charge is 0.407 e. The molecule has 0 saturated carbocycles. The van der Waals surface area contributed by atoms with Gasteiger partial charge in [0.1, 0.15) is 0 Å². The van der Waals surface area contributed by atoms with E-state index in [0.29, 0.717) is 0 Å². The molecular weight excluding hydrogens is 114 g/mol. The van der Waals surface area contributed by atoms with Gasteiger partial charge in [0.05, 0.1) is 5.88 Å². The number of carbonyl (C=O) groups is 1. The lowest BCUT2D eigenvalue weighted by Crippen LogP contribution is -2.22. The van der Waals surface area contributed by atoms with E-state index in [1.807, 2.05) is 0 Å². The summed E-state index contributed by atoms with van der Waals surface area (Å²) in [4.78, 5) is 10.9. The first-order valence-electron chi connectivity index (χ1n) is 1.73. The van der Waals surface area contributed by atoms with E-state index in [1.54, 1.807) is 0 Å². The highest BCUT2D eigenvalue weighted by Gasteiger charge is 1.98. The Morgan fingerprint density at radius 1 is 2.00 bits per heavy atom. The topological polar surface area (TPSA) is 40.5 Å². The zero-order valence-electron chi connectivity index (χ0n) is 3.96. The quantitative estimate of drug-likeness (QED) is 0.391. The number of amides is 1. The molecule has 0 radical (unpaired) electrons. The zero-order valence-corrected chi connectivity index (χ0v) is 4.85. The molecule has 0 aromatic carbocycles. The van der Waals surface area contributed by atoms with Crippen molar-refractivity contribution >= 4 is 18.7 Å². The molecule has 0 spiro atoms. The van der Waals surface area contributed by atoms with Gasteiger partial charge in [-0.3, -0.25) is 0 Å². The molecule has 0 aliphatic carbocycles. The van der Waals surface area contributed by atoms with Crippen LogP contribution in [0, 0.1) is 0 Å². The van der Waals surface area contributed by atoms with E-state index in [9.17, 15) is 4.79 Å². The first-order chi connectivity index (χ1) is 3.18. The fourth-order valence-corrected chi connectivity index (χ4v) is 0.181. The Morgan fingerprint density at radius 2 is 2.43 bits per heavy atom. The van der Waals surface area contributed by atoms with Crippen LogP contribution in [-0.2, 0) is 0 Å². The van der Waals surface area contributed by atoms with Crippen LogP contribution >= 0.6 is 12.6 Å². The van der Waals surface area contributed by atoms with Gasteiger partial charge in [-0.05, 0) is 0 Å². The molecule has 0 heterocycles. The van der Waals surface area contributed by atoms with Crippen LogP contribution in [0.4, 0.5) is 4.79 Å². The van der Waals surface area contributed by atoms with Gasteiger partial charge in [-0.15, -0.1) is 0 Å². The summed E-state index contributed by atoms with van der Waals surface area (Å²) in [5.41, 5.74) is 0. The van der Waals surface area contributed by atoms with Gasteiger partial charge in [-0.2, -0.15) is 12.6 Å². The van der Waals surface area contributed by atoms with Crippen molar-refractivity contribution in [2.45, 2.75) is 0 Å². The maximum absolute atomic E-state index is 9.81. The van der Waals surface area contributed by atoms with Gasteiger partial charge < -0.3 is 10.0 Å². The SMILES string of the molecule is CN(CS)C(=O)O. The first-order valence-corrected chi connectivity index (χ1v) is 2.36. The highest BCUT2D eigenvalue weighted by Crippen LogP contribution is 1.83. The molecule has 0 aromatic rings. The maximum atomic E-state index is 9.81. The van der Waals surface area contributed by atoms with Gasteiger partial charge in [0.25, 0.3) is 0 Å². The van der Waals surface area contributed by atoms with Crippen molar-refractivity contribution in [2.75, 3.05) is 12.9 Å². The number of hydrogen-bond acceptors (Lipinski definition) is 2. The van der Waals surface area contributed by atoms with Gasteiger partial charge in [-0.1, -0.05) is 0 Å². The van der Waals surface area contributed by atoms with Crippen molar-refractivity contribution in [1.82, 2.24) is 4.90 Å². The van der Waals surface area contributed by atoms with Gasteiger partial charge in [-0.25, -0.2) is 4.79 Å². The molecule has 0 aromatic heterocycles. The Hall–Kier alpha value is -0.380. The maximum Gasteiger partial charge on any atom is 0.407 e. The van der Waals surface area contributed by atoms with Crippen molar-refractivity contribution in [3.63, 3.8) is 0 Å². The van der Waals surface area contributed by atoms with Crippen molar-refractivity contribution in [1.29, 1.82) is 0 Å². The number of thiol groups is 1. The Labute approximate surface area is 47.3 Å². The molecule has 0 unspecified atom stereocenters. The number of hydrogen-bond donors (Lipinski definition) is 2. The number of nitrogens with zero attached hydrogens (tertiary/aromatic N) is 1. The molecular formula is C3H7NO2S. The standard InChI is InChI=1S/C3H7NO2S/c1-4(2-7)3(5)6/h7H,2H2,1H3,(H,5,6). The summed E-state index contributed by atoms with van der Waals surface area (Å²) < 4.78 is 0. The van der Waals surface area contributed by atoms with E-state index < -0.39 is 6.09 Å². The summed E-state index contributed by atoms with van der Waals surface area (Å²) in [6.07, 6.45) is -0.949. The summed E-state index contributed by atoms with van der Waals surface area (Å²) in [6, 6.07) is 0. The molecule has 0 aliphatic rings. The van der Waals surface area contributed by atoms with E-state index in [4.69, 9.17) is 5.11 Å². The molecule has 1 amide bonds. The predicted octanol–water partition coefficient (Wildman–Crippen LogP) is 0.483. The molecule has 1 N–H and O–H groups in total. The Balaban J connectivity index is 3.34. The van der Waals surface area contributed by atoms with Gasteiger partial charge in [0.15, 0.2) is 0 Å². The van der Waals surface area contributed by atoms with Crippen LogP contribution < -0.4 is 0 Å². The van der Waals surface area contributed by atoms with E-state index in [2.05, 4.69) is 12.6 Å². The molecule has 42 valence electrons. The van der Waals surface area contributed by atoms with Crippen LogP contribution in [0.25, 0.3) is 0 Å². The summed E-state index contributed by atoms with van der Waals surface area (Å²) >= 11 is 3.70. The van der Waals surface area contributed by atoms with Crippen molar-refractivity contribution in [3.05, 3.63) is 0 Å². The molecule has 0 atom stereocenters. The third kappa shape index (κ3) is 2.33. The molecule has 4 heteroatoms. The average molecular weight is 121 g/mol. The molecule has 3 nitrogen and oxygen atoms in total. The minimum absolute atomic E-state index is 0.245. The fraction of sp³-hybridized carbons (Fsp3) is 0.667. The van der Waals surface area contributed by atoms with E-state index in [-0.39, 0.29) is 5.88 Å². The first kappa shape index (κ1) is 6.62. The molecule has 0 bridgehead atoms. The van der Waals surface area contributed by atoms with Crippen LogP contribution in [-0.4, -0.2) is 29.0 Å². The van der Waals surface area contributed by atoms with Gasteiger partial charge >= 0.3 is 6.09 Å². The summed E-state index contributed by atoms with van der Waals surface area (Å²) in [5.74, 6) is 0.245. The number of rotatable bonds is 1. The van der Waals surface area contributed by atoms with Gasteiger partial charge in [0.2, 0.25) is 0 Å². The largest absolute Gasteiger partial charge is 0.465 e. The Kier molecular flexibility index (Phi) is 2.59. The minimum atomic E-state index is -0.949. The molecule has 0 saturated heterocycles. The third-order valence-corrected chi connectivity index (χ3v) is 0.963. The average Bonchev–Trinajstić information content (AvgIpc) is 1.65. The normalized spacial score (nSPS) is 8.29. The lowest BCUT2D eigenvalue weighted by atomic mass is 10.9.